The van der Waals surface area contributed by atoms with Crippen LogP contribution >= 0.6 is 0 Å². The van der Waals surface area contributed by atoms with Crippen LogP contribution in [0.25, 0.3) is 0 Å². The number of benzene rings is 1. The Morgan fingerprint density at radius 1 is 1.06 bits per heavy atom. The molecule has 1 unspecified atom stereocenters. The van der Waals surface area contributed by atoms with Crippen molar-refractivity contribution in [3.63, 3.8) is 0 Å². The predicted molar refractivity (Wildman–Crippen MR) is 65.5 cm³/mol. The number of aryl methyl sites for hydroxylation is 1. The van der Waals surface area contributed by atoms with Crippen molar-refractivity contribution >= 4 is 5.69 Å². The maximum Gasteiger partial charge on any atom is 0.0719 e. The molecule has 2 aromatic rings. The molecule has 1 atom stereocenters. The lowest BCUT2D eigenvalue weighted by atomic mass is 10.2. The van der Waals surface area contributed by atoms with Crippen LogP contribution in [0, 0.1) is 6.92 Å². The molecule has 3 rings (SSSR count). The van der Waals surface area contributed by atoms with Crippen molar-refractivity contribution in [1.82, 2.24) is 4.98 Å². The van der Waals surface area contributed by atoms with E-state index in [9.17, 15) is 0 Å². The molecule has 0 bridgehead atoms. The zero-order valence-corrected chi connectivity index (χ0v) is 9.30. The number of nitrogens with zero attached hydrogens (tertiary/aromatic N) is 2. The van der Waals surface area contributed by atoms with Crippen LogP contribution in [0.4, 0.5) is 5.69 Å². The number of pyridine rings is 1. The minimum absolute atomic E-state index is 0.547. The summed E-state index contributed by atoms with van der Waals surface area (Å²) in [5.74, 6) is 0. The fraction of sp³-hybridized carbons (Fsp3) is 0.214. The van der Waals surface area contributed by atoms with Gasteiger partial charge in [-0.15, -0.1) is 0 Å². The van der Waals surface area contributed by atoms with Gasteiger partial charge in [-0.2, -0.15) is 0 Å². The van der Waals surface area contributed by atoms with Crippen LogP contribution in [0.3, 0.4) is 0 Å². The molecular weight excluding hydrogens is 196 g/mol. The summed E-state index contributed by atoms with van der Waals surface area (Å²) in [6.45, 7) is 3.24. The average molecular weight is 210 g/mol. The summed E-state index contributed by atoms with van der Waals surface area (Å²) in [5, 5.41) is 0. The summed E-state index contributed by atoms with van der Waals surface area (Å²) >= 11 is 0. The highest BCUT2D eigenvalue weighted by atomic mass is 15.3. The number of rotatable bonds is 2. The quantitative estimate of drug-likeness (QED) is 0.708. The van der Waals surface area contributed by atoms with Crippen molar-refractivity contribution in [2.24, 2.45) is 0 Å². The van der Waals surface area contributed by atoms with Gasteiger partial charge < -0.3 is 4.90 Å². The van der Waals surface area contributed by atoms with Crippen LogP contribution in [0.1, 0.15) is 17.2 Å². The molecule has 1 aromatic carbocycles. The van der Waals surface area contributed by atoms with Gasteiger partial charge in [-0.3, -0.25) is 4.98 Å². The molecular formula is C14H14N2. The van der Waals surface area contributed by atoms with Gasteiger partial charge in [0.1, 0.15) is 0 Å². The van der Waals surface area contributed by atoms with E-state index in [1.54, 1.807) is 0 Å². The smallest absolute Gasteiger partial charge is 0.0719 e. The zero-order chi connectivity index (χ0) is 11.0. The molecule has 16 heavy (non-hydrogen) atoms. The first-order valence-corrected chi connectivity index (χ1v) is 5.58. The molecule has 1 aromatic heterocycles. The van der Waals surface area contributed by atoms with Crippen molar-refractivity contribution < 1.29 is 0 Å². The molecule has 2 nitrogen and oxygen atoms in total. The van der Waals surface area contributed by atoms with Gasteiger partial charge in [-0.1, -0.05) is 17.7 Å². The Morgan fingerprint density at radius 2 is 1.75 bits per heavy atom. The van der Waals surface area contributed by atoms with Crippen LogP contribution < -0.4 is 4.90 Å². The Bertz CT molecular complexity index is 476. The molecule has 0 aliphatic carbocycles. The standard InChI is InChI=1S/C14H14N2/c1-11-2-4-13(5-3-11)16-10-14(16)12-6-8-15-9-7-12/h2-9,14H,10H2,1H3. The van der Waals surface area contributed by atoms with E-state index in [0.29, 0.717) is 6.04 Å². The van der Waals surface area contributed by atoms with Crippen LogP contribution in [0.2, 0.25) is 0 Å². The minimum atomic E-state index is 0.547. The Kier molecular flexibility index (Phi) is 2.13. The topological polar surface area (TPSA) is 15.9 Å². The number of anilines is 1. The lowest BCUT2D eigenvalue weighted by Crippen LogP contribution is -1.94. The minimum Gasteiger partial charge on any atom is -0.360 e. The second-order valence-corrected chi connectivity index (χ2v) is 4.28. The van der Waals surface area contributed by atoms with Crippen LogP contribution in [-0.4, -0.2) is 11.5 Å². The van der Waals surface area contributed by atoms with Crippen molar-refractivity contribution in [3.8, 4) is 0 Å². The lowest BCUT2D eigenvalue weighted by Gasteiger charge is -2.05. The molecule has 1 fully saturated rings. The largest absolute Gasteiger partial charge is 0.360 e. The molecule has 1 saturated heterocycles. The van der Waals surface area contributed by atoms with Gasteiger partial charge >= 0.3 is 0 Å². The normalized spacial score (nSPS) is 18.6. The Morgan fingerprint density at radius 3 is 2.44 bits per heavy atom. The van der Waals surface area contributed by atoms with Crippen LogP contribution in [0.5, 0.6) is 0 Å². The third kappa shape index (κ3) is 1.67. The average Bonchev–Trinajstić information content (AvgIpc) is 3.11. The van der Waals surface area contributed by atoms with E-state index in [-0.39, 0.29) is 0 Å². The van der Waals surface area contributed by atoms with Crippen molar-refractivity contribution in [2.45, 2.75) is 13.0 Å². The van der Waals surface area contributed by atoms with Gasteiger partial charge in [0.25, 0.3) is 0 Å². The highest BCUT2D eigenvalue weighted by Gasteiger charge is 2.35. The van der Waals surface area contributed by atoms with Crippen LogP contribution in [0.15, 0.2) is 48.8 Å². The first-order valence-electron chi connectivity index (χ1n) is 5.58. The first-order chi connectivity index (χ1) is 7.84. The van der Waals surface area contributed by atoms with Gasteiger partial charge in [0.2, 0.25) is 0 Å². The Balaban J connectivity index is 1.79. The van der Waals surface area contributed by atoms with Gasteiger partial charge in [0.05, 0.1) is 6.04 Å². The monoisotopic (exact) mass is 210 g/mol. The fourth-order valence-corrected chi connectivity index (χ4v) is 2.03. The molecule has 1 aliphatic rings. The van der Waals surface area contributed by atoms with Crippen molar-refractivity contribution in [1.29, 1.82) is 0 Å². The van der Waals surface area contributed by atoms with E-state index in [1.807, 2.05) is 12.4 Å². The summed E-state index contributed by atoms with van der Waals surface area (Å²) in [4.78, 5) is 6.44. The summed E-state index contributed by atoms with van der Waals surface area (Å²) < 4.78 is 0. The maximum absolute atomic E-state index is 4.05. The van der Waals surface area contributed by atoms with Crippen LogP contribution in [-0.2, 0) is 0 Å². The third-order valence-corrected chi connectivity index (χ3v) is 3.07. The first kappa shape index (κ1) is 9.40. The van der Waals surface area contributed by atoms with Gasteiger partial charge in [-0.25, -0.2) is 0 Å². The Hall–Kier alpha value is -1.83. The van der Waals surface area contributed by atoms with Gasteiger partial charge in [0, 0.05) is 24.6 Å². The summed E-state index contributed by atoms with van der Waals surface area (Å²) in [6.07, 6.45) is 3.72. The van der Waals surface area contributed by atoms with E-state index in [1.165, 1.54) is 16.8 Å². The van der Waals surface area contributed by atoms with E-state index in [2.05, 4.69) is 53.2 Å². The van der Waals surface area contributed by atoms with Crippen molar-refractivity contribution in [2.75, 3.05) is 11.4 Å². The molecule has 2 heterocycles. The molecule has 0 spiro atoms. The number of hydrogen-bond donors (Lipinski definition) is 0. The molecule has 1 aliphatic heterocycles. The lowest BCUT2D eigenvalue weighted by molar-refractivity contribution is 1.10. The number of aromatic nitrogens is 1. The predicted octanol–water partition coefficient (Wildman–Crippen LogP) is 2.95. The highest BCUT2D eigenvalue weighted by molar-refractivity contribution is 5.56. The van der Waals surface area contributed by atoms with E-state index >= 15 is 0 Å². The van der Waals surface area contributed by atoms with Gasteiger partial charge in [0.15, 0.2) is 0 Å². The molecule has 0 amide bonds. The Labute approximate surface area is 95.6 Å². The van der Waals surface area contributed by atoms with E-state index in [4.69, 9.17) is 0 Å². The molecule has 0 N–H and O–H groups in total. The second-order valence-electron chi connectivity index (χ2n) is 4.28. The van der Waals surface area contributed by atoms with Crippen molar-refractivity contribution in [3.05, 3.63) is 59.9 Å². The SMILES string of the molecule is Cc1ccc(N2CC2c2ccncc2)cc1. The highest BCUT2D eigenvalue weighted by Crippen LogP contribution is 2.39. The summed E-state index contributed by atoms with van der Waals surface area (Å²) in [5.41, 5.74) is 3.98. The summed E-state index contributed by atoms with van der Waals surface area (Å²) in [6, 6.07) is 13.4. The van der Waals surface area contributed by atoms with E-state index < -0.39 is 0 Å². The molecule has 80 valence electrons. The summed E-state index contributed by atoms with van der Waals surface area (Å²) in [7, 11) is 0. The maximum atomic E-state index is 4.05. The van der Waals surface area contributed by atoms with Gasteiger partial charge in [-0.05, 0) is 36.8 Å². The molecule has 2 heteroatoms. The van der Waals surface area contributed by atoms with E-state index in [0.717, 1.165) is 6.54 Å². The number of hydrogen-bond acceptors (Lipinski definition) is 2. The second kappa shape index (κ2) is 3.63. The third-order valence-electron chi connectivity index (χ3n) is 3.07. The molecule has 0 radical (unpaired) electrons. The molecule has 0 saturated carbocycles. The zero-order valence-electron chi connectivity index (χ0n) is 9.30. The fourth-order valence-electron chi connectivity index (χ4n) is 2.03.